The van der Waals surface area contributed by atoms with E-state index in [2.05, 4.69) is 93.1 Å². The average molecular weight is 508 g/mol. The number of rotatable bonds is 17. The van der Waals surface area contributed by atoms with Gasteiger partial charge < -0.3 is 22.3 Å². The van der Waals surface area contributed by atoms with E-state index in [1.54, 1.807) is 0 Å². The highest BCUT2D eigenvalue weighted by atomic mass is 28.4. The molecule has 0 aliphatic carbocycles. The van der Waals surface area contributed by atoms with E-state index in [4.69, 9.17) is 17.7 Å². The lowest BCUT2D eigenvalue weighted by molar-refractivity contribution is 0.175. The van der Waals surface area contributed by atoms with Gasteiger partial charge in [-0.3, -0.25) is 0 Å². The molecule has 0 heterocycles. The molecule has 0 saturated carbocycles. The van der Waals surface area contributed by atoms with Gasteiger partial charge >= 0.3 is 17.1 Å². The van der Waals surface area contributed by atoms with Crippen LogP contribution in [0.2, 0.25) is 42.3 Å². The molecule has 0 bridgehead atoms. The van der Waals surface area contributed by atoms with E-state index >= 15 is 0 Å². The highest BCUT2D eigenvalue weighted by Gasteiger charge is 2.44. The summed E-state index contributed by atoms with van der Waals surface area (Å²) in [6.07, 6.45) is 2.24. The molecule has 0 rings (SSSR count). The summed E-state index contributed by atoms with van der Waals surface area (Å²) in [6, 6.07) is 0. The van der Waals surface area contributed by atoms with Crippen molar-refractivity contribution in [3.8, 4) is 0 Å². The van der Waals surface area contributed by atoms with Crippen molar-refractivity contribution < 1.29 is 17.7 Å². The summed E-state index contributed by atoms with van der Waals surface area (Å²) in [7, 11) is -5.99. The number of hydrogen-bond acceptors (Lipinski definition) is 5. The van der Waals surface area contributed by atoms with Crippen LogP contribution in [0.3, 0.4) is 0 Å². The van der Waals surface area contributed by atoms with Crippen LogP contribution in [0.15, 0.2) is 0 Å². The van der Waals surface area contributed by atoms with Crippen LogP contribution < -0.4 is 0 Å². The summed E-state index contributed by atoms with van der Waals surface area (Å²) >= 11 is 0. The van der Waals surface area contributed by atoms with E-state index in [1.807, 2.05) is 0 Å². The fourth-order valence-corrected chi connectivity index (χ4v) is 11.4. The Hall–Kier alpha value is 0.451. The fraction of sp³-hybridized carbons (Fsp3) is 1.00. The van der Waals surface area contributed by atoms with Crippen molar-refractivity contribution in [2.75, 3.05) is 39.5 Å². The first kappa shape index (κ1) is 32.5. The van der Waals surface area contributed by atoms with E-state index in [-0.39, 0.29) is 0 Å². The minimum atomic E-state index is -2.17. The second-order valence-electron chi connectivity index (χ2n) is 10.9. The first-order chi connectivity index (χ1) is 14.6. The zero-order valence-corrected chi connectivity index (χ0v) is 26.9. The van der Waals surface area contributed by atoms with Crippen molar-refractivity contribution in [1.29, 1.82) is 0 Å². The normalized spacial score (nSPS) is 15.9. The van der Waals surface area contributed by atoms with Crippen LogP contribution in [0.5, 0.6) is 0 Å². The topological polar surface area (TPSA) is 40.2 Å². The molecule has 2 atom stereocenters. The van der Waals surface area contributed by atoms with Crippen LogP contribution in [0.25, 0.3) is 0 Å². The van der Waals surface area contributed by atoms with Gasteiger partial charge in [0, 0.05) is 37.5 Å². The Bertz CT molecular complexity index is 470. The Morgan fingerprint density at radius 1 is 0.625 bits per heavy atom. The lowest BCUT2D eigenvalue weighted by Crippen LogP contribution is -2.56. The van der Waals surface area contributed by atoms with Gasteiger partial charge in [0.05, 0.1) is 0 Å². The molecule has 8 heteroatoms. The van der Waals surface area contributed by atoms with Crippen LogP contribution in [0.4, 0.5) is 0 Å². The molecule has 0 spiro atoms. The Kier molecular flexibility index (Phi) is 14.3. The second kappa shape index (κ2) is 14.1. The van der Waals surface area contributed by atoms with Gasteiger partial charge in [0.25, 0.3) is 0 Å². The first-order valence-electron chi connectivity index (χ1n) is 13.0. The van der Waals surface area contributed by atoms with Crippen LogP contribution in [0, 0.1) is 0 Å². The molecule has 0 radical (unpaired) electrons. The van der Waals surface area contributed by atoms with Gasteiger partial charge in [0.2, 0.25) is 0 Å². The molecule has 0 N–H and O–H groups in total. The summed E-state index contributed by atoms with van der Waals surface area (Å²) in [5, 5.41) is 0.306. The summed E-state index contributed by atoms with van der Waals surface area (Å²) in [5.41, 5.74) is 0.914. The van der Waals surface area contributed by atoms with Crippen LogP contribution in [0.1, 0.15) is 75.2 Å². The molecule has 0 aliphatic heterocycles. The maximum absolute atomic E-state index is 6.20. The monoisotopic (exact) mass is 507 g/mol. The Balaban J connectivity index is 5.52. The van der Waals surface area contributed by atoms with E-state index in [1.165, 1.54) is 0 Å². The summed E-state index contributed by atoms with van der Waals surface area (Å²) < 4.78 is 27.6. The number of hydrogen-bond donors (Lipinski definition) is 0. The lowest BCUT2D eigenvalue weighted by Gasteiger charge is -2.47. The molecule has 0 fully saturated rings. The van der Waals surface area contributed by atoms with E-state index < -0.39 is 25.4 Å². The zero-order valence-electron chi connectivity index (χ0n) is 23.9. The molecule has 0 aromatic carbocycles. The first-order valence-corrected chi connectivity index (χ1v) is 20.7. The van der Waals surface area contributed by atoms with Gasteiger partial charge in [0.1, 0.15) is 8.24 Å². The second-order valence-corrected chi connectivity index (χ2v) is 23.4. The van der Waals surface area contributed by atoms with Crippen LogP contribution in [-0.2, 0) is 17.7 Å². The fourth-order valence-electron chi connectivity index (χ4n) is 4.17. The predicted molar refractivity (Wildman–Crippen MR) is 147 cm³/mol. The lowest BCUT2D eigenvalue weighted by atomic mass is 10.2. The van der Waals surface area contributed by atoms with Crippen LogP contribution >= 0.6 is 0 Å². The highest BCUT2D eigenvalue weighted by molar-refractivity contribution is 6.77. The van der Waals surface area contributed by atoms with Gasteiger partial charge in [-0.15, -0.1) is 0 Å². The molecule has 0 aliphatic rings. The molecule has 0 saturated heterocycles. The van der Waals surface area contributed by atoms with Crippen molar-refractivity contribution in [2.24, 2.45) is 0 Å². The smallest absolute Gasteiger partial charge is 0.337 e. The third-order valence-corrected chi connectivity index (χ3v) is 21.1. The Morgan fingerprint density at radius 2 is 0.906 bits per heavy atom. The maximum Gasteiger partial charge on any atom is 0.337 e. The Morgan fingerprint density at radius 3 is 1.12 bits per heavy atom. The largest absolute Gasteiger partial charge is 0.394 e. The van der Waals surface area contributed by atoms with Crippen LogP contribution in [-0.4, -0.2) is 69.4 Å². The molecule has 5 nitrogen and oxygen atoms in total. The average Bonchev–Trinajstić information content (AvgIpc) is 2.67. The number of nitrogens with zero attached hydrogens (tertiary/aromatic N) is 1. The van der Waals surface area contributed by atoms with E-state index in [0.29, 0.717) is 16.1 Å². The van der Waals surface area contributed by atoms with Crippen molar-refractivity contribution in [2.45, 2.75) is 117 Å². The SMILES string of the molecule is CCO[Si](C)(OCC)C(C)CCN(CCC(C)[Si](C)(OCC)OCC)[Si](C)(C)C(C)(C)C. The van der Waals surface area contributed by atoms with Gasteiger partial charge in [-0.25, -0.2) is 0 Å². The van der Waals surface area contributed by atoms with E-state index in [0.717, 1.165) is 52.4 Å². The van der Waals surface area contributed by atoms with Crippen molar-refractivity contribution in [3.05, 3.63) is 0 Å². The molecule has 0 amide bonds. The summed E-state index contributed by atoms with van der Waals surface area (Å²) in [4.78, 5) is 0. The minimum absolute atomic E-state index is 0.306. The van der Waals surface area contributed by atoms with E-state index in [9.17, 15) is 0 Å². The quantitative estimate of drug-likeness (QED) is 0.196. The third-order valence-electron chi connectivity index (χ3n) is 7.80. The molecular formula is C24H57NO4Si3. The molecule has 194 valence electrons. The van der Waals surface area contributed by atoms with Gasteiger partial charge in [-0.2, -0.15) is 0 Å². The minimum Gasteiger partial charge on any atom is -0.394 e. The van der Waals surface area contributed by atoms with Gasteiger partial charge in [0.15, 0.2) is 0 Å². The summed E-state index contributed by atoms with van der Waals surface area (Å²) in [6.45, 7) is 34.9. The van der Waals surface area contributed by atoms with Gasteiger partial charge in [-0.05, 0) is 71.8 Å². The standard InChI is InChI=1S/C24H57NO4Si3/c1-14-26-31(12,27-15-2)22(5)18-20-25(30(10,11)24(7,8)9)21-19-23(6)32(13,28-16-3)29-17-4/h22-23H,14-21H2,1-13H3. The molecular weight excluding hydrogens is 451 g/mol. The Labute approximate surface area is 204 Å². The predicted octanol–water partition coefficient (Wildman–Crippen LogP) is 7.14. The third kappa shape index (κ3) is 9.24. The maximum atomic E-state index is 6.20. The van der Waals surface area contributed by atoms with Gasteiger partial charge in [-0.1, -0.05) is 47.7 Å². The molecule has 2 unspecified atom stereocenters. The zero-order chi connectivity index (χ0) is 25.2. The van der Waals surface area contributed by atoms with Crippen molar-refractivity contribution in [3.63, 3.8) is 0 Å². The molecule has 32 heavy (non-hydrogen) atoms. The molecule has 0 aromatic heterocycles. The summed E-state index contributed by atoms with van der Waals surface area (Å²) in [5.74, 6) is 0. The van der Waals surface area contributed by atoms with Crippen molar-refractivity contribution >= 4 is 25.4 Å². The highest BCUT2D eigenvalue weighted by Crippen LogP contribution is 2.40. The molecule has 0 aromatic rings. The van der Waals surface area contributed by atoms with Crippen molar-refractivity contribution in [1.82, 2.24) is 4.57 Å².